The zero-order chi connectivity index (χ0) is 23.4. The van der Waals surface area contributed by atoms with Crippen LogP contribution in [-0.2, 0) is 22.7 Å². The third kappa shape index (κ3) is 5.44. The fraction of sp³-hybridized carbons (Fsp3) is 0.680. The Morgan fingerprint density at radius 3 is 2.48 bits per heavy atom. The van der Waals surface area contributed by atoms with E-state index in [9.17, 15) is 4.79 Å². The lowest BCUT2D eigenvalue weighted by molar-refractivity contribution is 0.0899. The number of nitrogens with zero attached hydrogens (tertiary/aromatic N) is 4. The minimum atomic E-state index is -1.12. The highest BCUT2D eigenvalue weighted by Gasteiger charge is 2.24. The summed E-state index contributed by atoms with van der Waals surface area (Å²) in [7, 11) is 0.571. The molecule has 0 amide bonds. The Kier molecular flexibility index (Phi) is 7.76. The summed E-state index contributed by atoms with van der Waals surface area (Å²) in [5, 5.41) is 1.75. The monoisotopic (exact) mass is 472 g/mol. The number of ether oxygens (including phenoxy) is 2. The Morgan fingerprint density at radius 1 is 1.06 bits per heavy atom. The smallest absolute Gasteiger partial charge is 0.276 e. The maximum absolute atomic E-state index is 13.4. The molecular weight excluding hydrogens is 432 g/mol. The van der Waals surface area contributed by atoms with Gasteiger partial charge in [-0.3, -0.25) is 9.48 Å². The van der Waals surface area contributed by atoms with Crippen molar-refractivity contribution in [2.75, 3.05) is 20.3 Å². The van der Waals surface area contributed by atoms with Gasteiger partial charge < -0.3 is 14.0 Å². The quantitative estimate of drug-likeness (QED) is 0.309. The molecule has 3 aromatic heterocycles. The molecule has 8 heteroatoms. The van der Waals surface area contributed by atoms with Crippen LogP contribution in [0, 0.1) is 0 Å². The summed E-state index contributed by atoms with van der Waals surface area (Å²) in [6.45, 7) is 9.43. The van der Waals surface area contributed by atoms with Gasteiger partial charge in [-0.1, -0.05) is 51.7 Å². The number of rotatable bonds is 9. The summed E-state index contributed by atoms with van der Waals surface area (Å²) in [6, 6.07) is 3.58. The second-order valence-corrected chi connectivity index (χ2v) is 16.3. The normalized spacial score (nSPS) is 16.5. The first kappa shape index (κ1) is 24.2. The molecule has 0 aromatic carbocycles. The average Bonchev–Trinajstić information content (AvgIpc) is 3.28. The van der Waals surface area contributed by atoms with E-state index in [2.05, 4.69) is 35.0 Å². The molecule has 0 aliphatic heterocycles. The van der Waals surface area contributed by atoms with E-state index < -0.39 is 8.07 Å². The summed E-state index contributed by atoms with van der Waals surface area (Å²) < 4.78 is 17.6. The van der Waals surface area contributed by atoms with Crippen LogP contribution in [0.15, 0.2) is 23.3 Å². The van der Waals surface area contributed by atoms with Gasteiger partial charge in [0, 0.05) is 39.6 Å². The van der Waals surface area contributed by atoms with Crippen molar-refractivity contribution in [3.05, 3.63) is 28.8 Å². The maximum Gasteiger partial charge on any atom is 0.276 e. The molecule has 1 fully saturated rings. The Bertz CT molecular complexity index is 1120. The molecule has 0 unspecified atom stereocenters. The maximum atomic E-state index is 13.4. The highest BCUT2D eigenvalue weighted by Crippen LogP contribution is 2.32. The number of pyridine rings is 1. The van der Waals surface area contributed by atoms with E-state index >= 15 is 0 Å². The molecule has 0 radical (unpaired) electrons. The summed E-state index contributed by atoms with van der Waals surface area (Å²) in [5.41, 5.74) is 1.95. The van der Waals surface area contributed by atoms with Crippen molar-refractivity contribution in [3.8, 4) is 0 Å². The predicted molar refractivity (Wildman–Crippen MR) is 137 cm³/mol. The van der Waals surface area contributed by atoms with Crippen molar-refractivity contribution < 1.29 is 9.47 Å². The molecule has 0 bridgehead atoms. The van der Waals surface area contributed by atoms with Crippen molar-refractivity contribution in [2.24, 2.45) is 0 Å². The molecule has 0 saturated heterocycles. The van der Waals surface area contributed by atoms with E-state index in [1.165, 1.54) is 32.1 Å². The molecular formula is C25H40N4O3Si. The fourth-order valence-corrected chi connectivity index (χ4v) is 5.73. The van der Waals surface area contributed by atoms with Crippen LogP contribution >= 0.6 is 0 Å². The summed E-state index contributed by atoms with van der Waals surface area (Å²) in [4.78, 5) is 18.1. The van der Waals surface area contributed by atoms with Gasteiger partial charge in [0.1, 0.15) is 12.4 Å². The Hall–Kier alpha value is -1.90. The van der Waals surface area contributed by atoms with E-state index in [-0.39, 0.29) is 5.56 Å². The van der Waals surface area contributed by atoms with Crippen LogP contribution < -0.4 is 5.56 Å². The standard InChI is InChI=1S/C25H40N4O3Si/c1-31-15-14-28-25(30)22-18-26-24-21(12-13-27(24)19-32-16-17-33(2,3)4)23(22)29(28)20-10-8-6-5-7-9-11-20/h12-13,18,20H,5-11,14-17,19H2,1-4H3. The Morgan fingerprint density at radius 2 is 1.79 bits per heavy atom. The lowest BCUT2D eigenvalue weighted by Crippen LogP contribution is -2.28. The van der Waals surface area contributed by atoms with Crippen LogP contribution in [-0.4, -0.2) is 47.3 Å². The second kappa shape index (κ2) is 10.6. The lowest BCUT2D eigenvalue weighted by Gasteiger charge is -2.25. The molecule has 1 saturated carbocycles. The van der Waals surface area contributed by atoms with E-state index in [0.717, 1.165) is 42.0 Å². The number of methoxy groups -OCH3 is 1. The van der Waals surface area contributed by atoms with Gasteiger partial charge in [0.05, 0.1) is 30.1 Å². The first-order valence-corrected chi connectivity index (χ1v) is 16.3. The zero-order valence-corrected chi connectivity index (χ0v) is 21.8. The van der Waals surface area contributed by atoms with Crippen molar-refractivity contribution in [1.82, 2.24) is 18.9 Å². The van der Waals surface area contributed by atoms with Crippen molar-refractivity contribution >= 4 is 30.0 Å². The summed E-state index contributed by atoms with van der Waals surface area (Å²) in [6.07, 6.45) is 12.3. The molecule has 3 aromatic rings. The Balaban J connectivity index is 1.74. The minimum absolute atomic E-state index is 0.0395. The summed E-state index contributed by atoms with van der Waals surface area (Å²) >= 11 is 0. The average molecular weight is 473 g/mol. The third-order valence-corrected chi connectivity index (χ3v) is 8.57. The van der Waals surface area contributed by atoms with E-state index in [0.29, 0.717) is 31.3 Å². The number of aromatic nitrogens is 4. The van der Waals surface area contributed by atoms with E-state index in [1.807, 2.05) is 10.9 Å². The van der Waals surface area contributed by atoms with E-state index in [1.54, 1.807) is 13.3 Å². The number of hydrogen-bond donors (Lipinski definition) is 0. The molecule has 1 aliphatic carbocycles. The molecule has 1 aliphatic rings. The van der Waals surface area contributed by atoms with Crippen molar-refractivity contribution in [1.29, 1.82) is 0 Å². The SMILES string of the molecule is COCCn1c(=O)c2cnc3c(ccn3COCC[Si](C)(C)C)c2n1C1CCCCCCC1. The van der Waals surface area contributed by atoms with Crippen LogP contribution in [0.25, 0.3) is 21.9 Å². The van der Waals surface area contributed by atoms with Gasteiger partial charge in [-0.05, 0) is 25.0 Å². The molecule has 0 N–H and O–H groups in total. The first-order chi connectivity index (χ1) is 15.9. The zero-order valence-electron chi connectivity index (χ0n) is 20.8. The number of fused-ring (bicyclic) bond motifs is 3. The third-order valence-electron chi connectivity index (χ3n) is 6.87. The van der Waals surface area contributed by atoms with Gasteiger partial charge >= 0.3 is 0 Å². The minimum Gasteiger partial charge on any atom is -0.383 e. The summed E-state index contributed by atoms with van der Waals surface area (Å²) in [5.74, 6) is 0. The highest BCUT2D eigenvalue weighted by molar-refractivity contribution is 6.76. The largest absolute Gasteiger partial charge is 0.383 e. The van der Waals surface area contributed by atoms with Crippen LogP contribution in [0.3, 0.4) is 0 Å². The van der Waals surface area contributed by atoms with Crippen LogP contribution in [0.2, 0.25) is 25.7 Å². The van der Waals surface area contributed by atoms with Gasteiger partial charge in [0.25, 0.3) is 5.56 Å². The molecule has 33 heavy (non-hydrogen) atoms. The lowest BCUT2D eigenvalue weighted by atomic mass is 9.96. The molecule has 182 valence electrons. The molecule has 7 nitrogen and oxygen atoms in total. The number of hydrogen-bond acceptors (Lipinski definition) is 4. The van der Waals surface area contributed by atoms with Crippen molar-refractivity contribution in [2.45, 2.75) is 89.9 Å². The first-order valence-electron chi connectivity index (χ1n) is 12.6. The second-order valence-electron chi connectivity index (χ2n) is 10.7. The van der Waals surface area contributed by atoms with E-state index in [4.69, 9.17) is 14.5 Å². The van der Waals surface area contributed by atoms with Crippen LogP contribution in [0.1, 0.15) is 51.0 Å². The molecule has 3 heterocycles. The Labute approximate surface area is 197 Å². The van der Waals surface area contributed by atoms with Gasteiger partial charge in [-0.15, -0.1) is 0 Å². The van der Waals surface area contributed by atoms with Gasteiger partial charge in [0.15, 0.2) is 0 Å². The van der Waals surface area contributed by atoms with Crippen molar-refractivity contribution in [3.63, 3.8) is 0 Å². The van der Waals surface area contributed by atoms with Crippen LogP contribution in [0.5, 0.6) is 0 Å². The van der Waals surface area contributed by atoms with Gasteiger partial charge in [-0.2, -0.15) is 0 Å². The molecule has 0 spiro atoms. The molecule has 0 atom stereocenters. The predicted octanol–water partition coefficient (Wildman–Crippen LogP) is 5.40. The van der Waals surface area contributed by atoms with Gasteiger partial charge in [-0.25, -0.2) is 9.67 Å². The van der Waals surface area contributed by atoms with Crippen LogP contribution in [0.4, 0.5) is 0 Å². The molecule has 4 rings (SSSR count). The fourth-order valence-electron chi connectivity index (χ4n) is 4.98. The highest BCUT2D eigenvalue weighted by atomic mass is 28.3. The van der Waals surface area contributed by atoms with Gasteiger partial charge in [0.2, 0.25) is 0 Å². The topological polar surface area (TPSA) is 63.2 Å².